The Morgan fingerprint density at radius 2 is 1.86 bits per heavy atom. The minimum atomic E-state index is -0.499. The Morgan fingerprint density at radius 1 is 1.10 bits per heavy atom. The van der Waals surface area contributed by atoms with Crippen LogP contribution < -0.4 is 25.4 Å². The van der Waals surface area contributed by atoms with Crippen LogP contribution in [0, 0.1) is 6.92 Å². The van der Waals surface area contributed by atoms with E-state index < -0.39 is 12.0 Å². The molecule has 0 bridgehead atoms. The van der Waals surface area contributed by atoms with Gasteiger partial charge in [-0.1, -0.05) is 6.07 Å². The van der Waals surface area contributed by atoms with E-state index in [1.807, 2.05) is 12.1 Å². The molecule has 1 unspecified atom stereocenters. The van der Waals surface area contributed by atoms with Gasteiger partial charge in [0.1, 0.15) is 17.1 Å². The minimum absolute atomic E-state index is 0.165. The predicted molar refractivity (Wildman–Crippen MR) is 106 cm³/mol. The van der Waals surface area contributed by atoms with E-state index in [1.54, 1.807) is 38.1 Å². The first-order valence-corrected chi connectivity index (χ1v) is 9.46. The lowest BCUT2D eigenvalue weighted by molar-refractivity contribution is -0.401. The monoisotopic (exact) mass is 396 g/mol. The van der Waals surface area contributed by atoms with Crippen molar-refractivity contribution in [2.75, 3.05) is 13.2 Å². The topological polar surface area (TPSA) is 103 Å². The lowest BCUT2D eigenvalue weighted by Crippen LogP contribution is -2.64. The fourth-order valence-electron chi connectivity index (χ4n) is 3.22. The third-order valence-electron chi connectivity index (χ3n) is 4.70. The summed E-state index contributed by atoms with van der Waals surface area (Å²) in [5, 5.41) is 0.403. The molecule has 7 nitrogen and oxygen atoms in total. The van der Waals surface area contributed by atoms with Crippen molar-refractivity contribution in [3.63, 3.8) is 0 Å². The SMILES string of the molecule is Cc1oc2cc(OC(=O)C(C)[NH3+])ccc2c(=O)c1-c1ccc2c(c1)OCCCO2. The number of rotatable bonds is 3. The molecule has 3 aromatic rings. The van der Waals surface area contributed by atoms with Gasteiger partial charge in [0, 0.05) is 12.5 Å². The smallest absolute Gasteiger partial charge is 0.369 e. The Labute approximate surface area is 167 Å². The summed E-state index contributed by atoms with van der Waals surface area (Å²) >= 11 is 0. The molecule has 4 rings (SSSR count). The Hall–Kier alpha value is -3.32. The van der Waals surface area contributed by atoms with E-state index in [2.05, 4.69) is 5.73 Å². The van der Waals surface area contributed by atoms with Crippen LogP contribution in [0.5, 0.6) is 17.2 Å². The van der Waals surface area contributed by atoms with Crippen molar-refractivity contribution in [3.05, 3.63) is 52.4 Å². The van der Waals surface area contributed by atoms with E-state index in [1.165, 1.54) is 0 Å². The Balaban J connectivity index is 1.77. The molecule has 0 spiro atoms. The zero-order chi connectivity index (χ0) is 20.5. The fraction of sp³-hybridized carbons (Fsp3) is 0.273. The molecule has 1 aliphatic heterocycles. The number of carbonyl (C=O) groups is 1. The second-order valence-electron chi connectivity index (χ2n) is 7.05. The molecule has 0 amide bonds. The lowest BCUT2D eigenvalue weighted by atomic mass is 10.0. The Morgan fingerprint density at radius 3 is 2.62 bits per heavy atom. The summed E-state index contributed by atoms with van der Waals surface area (Å²) < 4.78 is 22.6. The average molecular weight is 396 g/mol. The third-order valence-corrected chi connectivity index (χ3v) is 4.70. The normalized spacial score (nSPS) is 14.3. The first-order chi connectivity index (χ1) is 13.9. The standard InChI is InChI=1S/C22H21NO6/c1-12(23)22(25)29-15-5-6-16-18(11-15)28-13(2)20(21(16)24)14-4-7-17-19(10-14)27-9-3-8-26-17/h4-7,10-12H,3,8-9,23H2,1-2H3/p+1. The van der Waals surface area contributed by atoms with Gasteiger partial charge >= 0.3 is 5.97 Å². The summed E-state index contributed by atoms with van der Waals surface area (Å²) in [5.74, 6) is 1.60. The first kappa shape index (κ1) is 19.0. The van der Waals surface area contributed by atoms with Gasteiger partial charge in [0.05, 0.1) is 24.2 Å². The van der Waals surface area contributed by atoms with Gasteiger partial charge in [-0.3, -0.25) is 4.79 Å². The van der Waals surface area contributed by atoms with Crippen LogP contribution in [-0.2, 0) is 4.79 Å². The van der Waals surface area contributed by atoms with Crippen LogP contribution in [0.3, 0.4) is 0 Å². The summed E-state index contributed by atoms with van der Waals surface area (Å²) in [6.07, 6.45) is 0.806. The van der Waals surface area contributed by atoms with Gasteiger partial charge in [-0.25, -0.2) is 4.79 Å². The van der Waals surface area contributed by atoms with Crippen LogP contribution in [0.1, 0.15) is 19.1 Å². The highest BCUT2D eigenvalue weighted by Gasteiger charge is 2.19. The van der Waals surface area contributed by atoms with Gasteiger partial charge in [-0.2, -0.15) is 0 Å². The quantitative estimate of drug-likeness (QED) is 0.539. The van der Waals surface area contributed by atoms with Crippen molar-refractivity contribution >= 4 is 16.9 Å². The van der Waals surface area contributed by atoms with Crippen LogP contribution in [-0.4, -0.2) is 25.2 Å². The molecule has 1 aromatic heterocycles. The Bertz CT molecular complexity index is 1150. The maximum Gasteiger partial charge on any atom is 0.369 e. The van der Waals surface area contributed by atoms with Gasteiger partial charge < -0.3 is 24.4 Å². The first-order valence-electron chi connectivity index (χ1n) is 9.46. The number of aryl methyl sites for hydroxylation is 1. The molecule has 150 valence electrons. The summed E-state index contributed by atoms with van der Waals surface area (Å²) in [7, 11) is 0. The van der Waals surface area contributed by atoms with Gasteiger partial charge in [0.15, 0.2) is 17.5 Å². The average Bonchev–Trinajstić information content (AvgIpc) is 2.92. The van der Waals surface area contributed by atoms with Crippen LogP contribution >= 0.6 is 0 Å². The molecule has 0 saturated heterocycles. The summed E-state index contributed by atoms with van der Waals surface area (Å²) in [4.78, 5) is 24.9. The van der Waals surface area contributed by atoms with Crippen molar-refractivity contribution in [1.82, 2.24) is 0 Å². The van der Waals surface area contributed by atoms with Crippen LogP contribution in [0.4, 0.5) is 0 Å². The van der Waals surface area contributed by atoms with E-state index in [9.17, 15) is 9.59 Å². The van der Waals surface area contributed by atoms with E-state index in [-0.39, 0.29) is 5.43 Å². The molecule has 2 heterocycles. The highest BCUT2D eigenvalue weighted by Crippen LogP contribution is 2.35. The fourth-order valence-corrected chi connectivity index (χ4v) is 3.22. The van der Waals surface area contributed by atoms with Gasteiger partial charge in [-0.15, -0.1) is 0 Å². The molecular weight excluding hydrogens is 374 g/mol. The highest BCUT2D eigenvalue weighted by atomic mass is 16.5. The minimum Gasteiger partial charge on any atom is -0.490 e. The molecule has 1 atom stereocenters. The zero-order valence-corrected chi connectivity index (χ0v) is 16.3. The maximum absolute atomic E-state index is 13.2. The van der Waals surface area contributed by atoms with Crippen molar-refractivity contribution in [3.8, 4) is 28.4 Å². The largest absolute Gasteiger partial charge is 0.490 e. The predicted octanol–water partition coefficient (Wildman–Crippen LogP) is 2.47. The van der Waals surface area contributed by atoms with Crippen molar-refractivity contribution < 1.29 is 29.2 Å². The number of ether oxygens (including phenoxy) is 3. The van der Waals surface area contributed by atoms with Crippen LogP contribution in [0.2, 0.25) is 0 Å². The number of hydrogen-bond acceptors (Lipinski definition) is 6. The second kappa shape index (κ2) is 7.60. The zero-order valence-electron chi connectivity index (χ0n) is 16.3. The molecular formula is C22H22NO6+. The molecule has 0 saturated carbocycles. The summed E-state index contributed by atoms with van der Waals surface area (Å²) in [6.45, 7) is 4.55. The van der Waals surface area contributed by atoms with Crippen molar-refractivity contribution in [1.29, 1.82) is 0 Å². The van der Waals surface area contributed by atoms with Gasteiger partial charge in [-0.05, 0) is 43.7 Å². The number of quaternary nitrogens is 1. The number of esters is 1. The van der Waals surface area contributed by atoms with E-state index in [0.29, 0.717) is 58.3 Å². The molecule has 0 radical (unpaired) electrons. The van der Waals surface area contributed by atoms with Crippen molar-refractivity contribution in [2.45, 2.75) is 26.3 Å². The summed E-state index contributed by atoms with van der Waals surface area (Å²) in [5.41, 5.74) is 4.99. The number of carbonyl (C=O) groups excluding carboxylic acids is 1. The van der Waals surface area contributed by atoms with E-state index >= 15 is 0 Å². The number of fused-ring (bicyclic) bond motifs is 2. The number of benzene rings is 2. The van der Waals surface area contributed by atoms with Crippen LogP contribution in [0.25, 0.3) is 22.1 Å². The highest BCUT2D eigenvalue weighted by molar-refractivity contribution is 5.85. The number of hydrogen-bond donors (Lipinski definition) is 1. The molecule has 7 heteroatoms. The lowest BCUT2D eigenvalue weighted by Gasteiger charge is -2.12. The summed E-state index contributed by atoms with van der Waals surface area (Å²) in [6, 6.07) is 9.66. The maximum atomic E-state index is 13.2. The van der Waals surface area contributed by atoms with E-state index in [4.69, 9.17) is 18.6 Å². The van der Waals surface area contributed by atoms with Gasteiger partial charge in [0.2, 0.25) is 5.43 Å². The Kier molecular flexibility index (Phi) is 4.98. The van der Waals surface area contributed by atoms with E-state index in [0.717, 1.165) is 6.42 Å². The molecule has 2 aromatic carbocycles. The second-order valence-corrected chi connectivity index (χ2v) is 7.05. The van der Waals surface area contributed by atoms with Crippen LogP contribution in [0.15, 0.2) is 45.6 Å². The van der Waals surface area contributed by atoms with Crippen molar-refractivity contribution in [2.24, 2.45) is 0 Å². The van der Waals surface area contributed by atoms with Gasteiger partial charge in [0.25, 0.3) is 0 Å². The molecule has 0 aliphatic carbocycles. The molecule has 1 aliphatic rings. The third kappa shape index (κ3) is 3.69. The molecule has 0 fully saturated rings. The molecule has 3 N–H and O–H groups in total. The molecule has 29 heavy (non-hydrogen) atoms.